The summed E-state index contributed by atoms with van der Waals surface area (Å²) in [5, 5.41) is 0. The Morgan fingerprint density at radius 3 is 2.55 bits per heavy atom. The van der Waals surface area contributed by atoms with Gasteiger partial charge in [-0.1, -0.05) is 46.3 Å². The molecule has 0 unspecified atom stereocenters. The number of ether oxygens (including phenoxy) is 1. The quantitative estimate of drug-likeness (QED) is 0.472. The summed E-state index contributed by atoms with van der Waals surface area (Å²) in [5.41, 5.74) is 3.10. The van der Waals surface area contributed by atoms with Crippen LogP contribution in [0.3, 0.4) is 0 Å². The fraction of sp³-hybridized carbons (Fsp3) is 0.240. The van der Waals surface area contributed by atoms with E-state index >= 15 is 0 Å². The minimum absolute atomic E-state index is 0.0554. The Morgan fingerprint density at radius 2 is 1.82 bits per heavy atom. The lowest BCUT2D eigenvalue weighted by Gasteiger charge is -2.22. The second-order valence-corrected chi connectivity index (χ2v) is 10.7. The molecule has 4 rings (SSSR count). The second kappa shape index (κ2) is 10.1. The number of anilines is 1. The zero-order valence-electron chi connectivity index (χ0n) is 18.2. The van der Waals surface area contributed by atoms with Gasteiger partial charge in [-0.15, -0.1) is 0 Å². The fourth-order valence-corrected chi connectivity index (χ4v) is 5.41. The predicted molar refractivity (Wildman–Crippen MR) is 132 cm³/mol. The van der Waals surface area contributed by atoms with Gasteiger partial charge in [-0.05, 0) is 73.4 Å². The van der Waals surface area contributed by atoms with Gasteiger partial charge in [-0.2, -0.15) is 0 Å². The van der Waals surface area contributed by atoms with Crippen LogP contribution in [0.1, 0.15) is 18.1 Å². The zero-order valence-corrected chi connectivity index (χ0v) is 20.6. The van der Waals surface area contributed by atoms with Crippen molar-refractivity contribution in [1.29, 1.82) is 0 Å². The highest BCUT2D eigenvalue weighted by Crippen LogP contribution is 2.34. The van der Waals surface area contributed by atoms with Crippen LogP contribution < -0.4 is 14.4 Å². The van der Waals surface area contributed by atoms with Crippen LogP contribution in [-0.4, -0.2) is 33.5 Å². The van der Waals surface area contributed by atoms with Crippen LogP contribution in [-0.2, 0) is 27.7 Å². The maximum absolute atomic E-state index is 12.8. The average molecular weight is 529 g/mol. The Balaban J connectivity index is 1.33. The SMILES string of the molecule is C[C@H]1Cc2cc(Br)ccc2N1C(=O)COc1ccc(S(=O)(=O)NCCc2ccccc2)cc1. The highest BCUT2D eigenvalue weighted by Gasteiger charge is 2.31. The van der Waals surface area contributed by atoms with Crippen molar-refractivity contribution >= 4 is 37.5 Å². The second-order valence-electron chi connectivity index (χ2n) is 7.98. The first-order chi connectivity index (χ1) is 15.8. The Bertz CT molecular complexity index is 1230. The Labute approximate surface area is 202 Å². The maximum atomic E-state index is 12.8. The van der Waals surface area contributed by atoms with Crippen LogP contribution in [0, 0.1) is 0 Å². The number of amides is 1. The number of nitrogens with one attached hydrogen (secondary N) is 1. The fourth-order valence-electron chi connectivity index (χ4n) is 3.97. The predicted octanol–water partition coefficient (Wildman–Crippen LogP) is 4.33. The molecule has 3 aromatic carbocycles. The topological polar surface area (TPSA) is 75.7 Å². The molecule has 33 heavy (non-hydrogen) atoms. The van der Waals surface area contributed by atoms with Crippen molar-refractivity contribution in [3.05, 3.63) is 88.4 Å². The molecule has 1 aliphatic heterocycles. The van der Waals surface area contributed by atoms with Crippen LogP contribution in [0.2, 0.25) is 0 Å². The number of rotatable bonds is 8. The molecule has 8 heteroatoms. The first-order valence-corrected chi connectivity index (χ1v) is 13.0. The molecule has 0 bridgehead atoms. The van der Waals surface area contributed by atoms with Crippen molar-refractivity contribution in [2.24, 2.45) is 0 Å². The van der Waals surface area contributed by atoms with Gasteiger partial charge in [0.05, 0.1) is 4.90 Å². The molecule has 0 aromatic heterocycles. The van der Waals surface area contributed by atoms with Gasteiger partial charge in [-0.3, -0.25) is 4.79 Å². The molecule has 0 aliphatic carbocycles. The summed E-state index contributed by atoms with van der Waals surface area (Å²) in [5.74, 6) is 0.303. The first-order valence-electron chi connectivity index (χ1n) is 10.7. The van der Waals surface area contributed by atoms with Gasteiger partial charge < -0.3 is 9.64 Å². The van der Waals surface area contributed by atoms with E-state index < -0.39 is 10.0 Å². The number of carbonyl (C=O) groups excluding carboxylic acids is 1. The van der Waals surface area contributed by atoms with Crippen LogP contribution >= 0.6 is 15.9 Å². The molecule has 1 atom stereocenters. The number of benzene rings is 3. The van der Waals surface area contributed by atoms with E-state index in [0.717, 1.165) is 27.7 Å². The van der Waals surface area contributed by atoms with E-state index in [1.807, 2.05) is 55.5 Å². The van der Waals surface area contributed by atoms with Crippen molar-refractivity contribution in [2.75, 3.05) is 18.1 Å². The highest BCUT2D eigenvalue weighted by molar-refractivity contribution is 9.10. The summed E-state index contributed by atoms with van der Waals surface area (Å²) < 4.78 is 34.3. The molecular weight excluding hydrogens is 504 g/mol. The van der Waals surface area contributed by atoms with Gasteiger partial charge in [0.1, 0.15) is 5.75 Å². The molecule has 6 nitrogen and oxygen atoms in total. The van der Waals surface area contributed by atoms with Gasteiger partial charge >= 0.3 is 0 Å². The van der Waals surface area contributed by atoms with Crippen LogP contribution in [0.25, 0.3) is 0 Å². The van der Waals surface area contributed by atoms with E-state index in [2.05, 4.69) is 20.7 Å². The van der Waals surface area contributed by atoms with Crippen molar-refractivity contribution in [1.82, 2.24) is 4.72 Å². The summed E-state index contributed by atoms with van der Waals surface area (Å²) in [4.78, 5) is 14.7. The smallest absolute Gasteiger partial charge is 0.265 e. The van der Waals surface area contributed by atoms with Gasteiger partial charge in [-0.25, -0.2) is 13.1 Å². The lowest BCUT2D eigenvalue weighted by molar-refractivity contribution is -0.120. The van der Waals surface area contributed by atoms with Crippen molar-refractivity contribution in [2.45, 2.75) is 30.7 Å². The van der Waals surface area contributed by atoms with Crippen molar-refractivity contribution in [3.63, 3.8) is 0 Å². The molecule has 172 valence electrons. The normalized spacial score (nSPS) is 15.3. The third kappa shape index (κ3) is 5.63. The lowest BCUT2D eigenvalue weighted by Crippen LogP contribution is -2.39. The number of hydrogen-bond donors (Lipinski definition) is 1. The summed E-state index contributed by atoms with van der Waals surface area (Å²) in [6.45, 7) is 2.20. The Morgan fingerprint density at radius 1 is 1.09 bits per heavy atom. The summed E-state index contributed by atoms with van der Waals surface area (Å²) in [6.07, 6.45) is 1.41. The third-order valence-corrected chi connectivity index (χ3v) is 7.54. The molecule has 0 saturated heterocycles. The average Bonchev–Trinajstić information content (AvgIpc) is 3.13. The number of fused-ring (bicyclic) bond motifs is 1. The van der Waals surface area contributed by atoms with Crippen molar-refractivity contribution in [3.8, 4) is 5.75 Å². The zero-order chi connectivity index (χ0) is 23.4. The number of carbonyl (C=O) groups is 1. The number of hydrogen-bond acceptors (Lipinski definition) is 4. The minimum atomic E-state index is -3.62. The van der Waals surface area contributed by atoms with E-state index in [9.17, 15) is 13.2 Å². The summed E-state index contributed by atoms with van der Waals surface area (Å²) >= 11 is 3.47. The molecule has 1 heterocycles. The van der Waals surface area contributed by atoms with Gasteiger partial charge in [0.15, 0.2) is 6.61 Å². The standard InChI is InChI=1S/C25H25BrN2O4S/c1-18-15-20-16-21(26)7-12-24(20)28(18)25(29)17-32-22-8-10-23(11-9-22)33(30,31)27-14-13-19-5-3-2-4-6-19/h2-12,16,18,27H,13-15,17H2,1H3/t18-/m0/s1. The lowest BCUT2D eigenvalue weighted by atomic mass is 10.1. The maximum Gasteiger partial charge on any atom is 0.265 e. The number of nitrogens with zero attached hydrogens (tertiary/aromatic N) is 1. The number of halogens is 1. The summed E-state index contributed by atoms with van der Waals surface area (Å²) in [7, 11) is -3.62. The molecule has 1 aliphatic rings. The minimum Gasteiger partial charge on any atom is -0.484 e. The van der Waals surface area contributed by atoms with Gasteiger partial charge in [0.25, 0.3) is 5.91 Å². The Hall–Kier alpha value is -2.68. The molecule has 3 aromatic rings. The van der Waals surface area contributed by atoms with E-state index in [1.54, 1.807) is 17.0 Å². The van der Waals surface area contributed by atoms with Gasteiger partial charge in [0.2, 0.25) is 10.0 Å². The molecule has 0 fully saturated rings. The van der Waals surface area contributed by atoms with E-state index in [1.165, 1.54) is 12.1 Å². The Kier molecular flexibility index (Phi) is 7.17. The van der Waals surface area contributed by atoms with E-state index in [4.69, 9.17) is 4.74 Å². The van der Waals surface area contributed by atoms with Crippen molar-refractivity contribution < 1.29 is 17.9 Å². The molecule has 0 saturated carbocycles. The monoisotopic (exact) mass is 528 g/mol. The molecule has 1 amide bonds. The molecule has 0 spiro atoms. The summed E-state index contributed by atoms with van der Waals surface area (Å²) in [6, 6.07) is 21.7. The first kappa shape index (κ1) is 23.5. The molecular formula is C25H25BrN2O4S. The van der Waals surface area contributed by atoms with Crippen LogP contribution in [0.15, 0.2) is 82.2 Å². The van der Waals surface area contributed by atoms with E-state index in [-0.39, 0.29) is 23.5 Å². The van der Waals surface area contributed by atoms with Crippen LogP contribution in [0.4, 0.5) is 5.69 Å². The molecule has 1 N–H and O–H groups in total. The largest absolute Gasteiger partial charge is 0.484 e. The van der Waals surface area contributed by atoms with Crippen LogP contribution in [0.5, 0.6) is 5.75 Å². The molecule has 0 radical (unpaired) electrons. The number of sulfonamides is 1. The third-order valence-electron chi connectivity index (χ3n) is 5.57. The highest BCUT2D eigenvalue weighted by atomic mass is 79.9. The van der Waals surface area contributed by atoms with Gasteiger partial charge in [0, 0.05) is 22.7 Å². The van der Waals surface area contributed by atoms with E-state index in [0.29, 0.717) is 18.7 Å².